The number of rotatable bonds is 7. The van der Waals surface area contributed by atoms with Crippen molar-refractivity contribution in [3.63, 3.8) is 0 Å². The summed E-state index contributed by atoms with van der Waals surface area (Å²) in [7, 11) is -1.39. The number of nitrogens with zero attached hydrogens (tertiary/aromatic N) is 1. The molecule has 2 aromatic carbocycles. The van der Waals surface area contributed by atoms with E-state index in [0.717, 1.165) is 5.69 Å². The fourth-order valence-corrected chi connectivity index (χ4v) is 5.20. The van der Waals surface area contributed by atoms with Gasteiger partial charge in [0.2, 0.25) is 0 Å². The first kappa shape index (κ1) is 19.6. The molecule has 0 saturated carbocycles. The van der Waals surface area contributed by atoms with Crippen molar-refractivity contribution in [3.8, 4) is 22.4 Å². The smallest absolute Gasteiger partial charge is 0.0799 e. The molecule has 1 aromatic heterocycles. The van der Waals surface area contributed by atoms with Crippen LogP contribution < -0.4 is 5.19 Å². The van der Waals surface area contributed by atoms with Crippen LogP contribution in [0, 0.1) is 0 Å². The molecule has 0 radical (unpaired) electrons. The Balaban J connectivity index is 1.98. The van der Waals surface area contributed by atoms with Crippen LogP contribution >= 0.6 is 0 Å². The van der Waals surface area contributed by atoms with Crippen molar-refractivity contribution in [3.05, 3.63) is 72.4 Å². The average Bonchev–Trinajstić information content (AvgIpc) is 2.68. The largest absolute Gasteiger partial charge is 0.256 e. The number of benzene rings is 2. The fourth-order valence-electron chi connectivity index (χ4n) is 3.59. The summed E-state index contributed by atoms with van der Waals surface area (Å²) in [5.41, 5.74) is 6.31. The first-order chi connectivity index (χ1) is 13.0. The minimum atomic E-state index is -1.39. The standard InChI is InChI=1S/C25H31NSi/c1-5-6-8-14-23-18-24(26-19-25(23)27(2,3)4)22-16-11-15-21(17-22)20-12-9-7-10-13-20/h7,9-13,15-19H,5-6,8,14H2,1-4H3. The van der Waals surface area contributed by atoms with E-state index in [-0.39, 0.29) is 0 Å². The van der Waals surface area contributed by atoms with Crippen molar-refractivity contribution < 1.29 is 0 Å². The molecular weight excluding hydrogens is 342 g/mol. The maximum Gasteiger partial charge on any atom is 0.0799 e. The van der Waals surface area contributed by atoms with Crippen molar-refractivity contribution in [2.24, 2.45) is 0 Å². The predicted octanol–water partition coefficient (Wildman–Crippen LogP) is 6.69. The Hall–Kier alpha value is -2.19. The Morgan fingerprint density at radius 2 is 1.48 bits per heavy atom. The molecular formula is C25H31NSi. The normalized spacial score (nSPS) is 11.6. The quantitative estimate of drug-likeness (QED) is 0.332. The molecule has 0 spiro atoms. The third-order valence-electron chi connectivity index (χ3n) is 5.11. The van der Waals surface area contributed by atoms with Gasteiger partial charge in [-0.2, -0.15) is 0 Å². The molecule has 1 nitrogen and oxygen atoms in total. The van der Waals surface area contributed by atoms with E-state index >= 15 is 0 Å². The van der Waals surface area contributed by atoms with Gasteiger partial charge in [0.25, 0.3) is 0 Å². The van der Waals surface area contributed by atoms with Crippen LogP contribution in [0.5, 0.6) is 0 Å². The molecule has 0 N–H and O–H groups in total. The molecule has 2 heteroatoms. The molecule has 0 saturated heterocycles. The van der Waals surface area contributed by atoms with Gasteiger partial charge in [-0.1, -0.05) is 87.9 Å². The third-order valence-corrected chi connectivity index (χ3v) is 7.18. The SMILES string of the molecule is CCCCCc1cc(-c2cccc(-c3ccccc3)c2)ncc1[Si](C)(C)C. The summed E-state index contributed by atoms with van der Waals surface area (Å²) in [5.74, 6) is 0. The number of aromatic nitrogens is 1. The van der Waals surface area contributed by atoms with E-state index in [9.17, 15) is 0 Å². The summed E-state index contributed by atoms with van der Waals surface area (Å²) < 4.78 is 0. The molecule has 140 valence electrons. The number of aryl methyl sites for hydroxylation is 1. The summed E-state index contributed by atoms with van der Waals surface area (Å²) in [6.45, 7) is 9.53. The van der Waals surface area contributed by atoms with Gasteiger partial charge in [-0.25, -0.2) is 0 Å². The second kappa shape index (κ2) is 8.66. The van der Waals surface area contributed by atoms with Gasteiger partial charge < -0.3 is 0 Å². The monoisotopic (exact) mass is 373 g/mol. The van der Waals surface area contributed by atoms with Crippen molar-refractivity contribution in [2.75, 3.05) is 0 Å². The molecule has 0 unspecified atom stereocenters. The molecule has 0 aliphatic heterocycles. The molecule has 0 aliphatic rings. The molecule has 0 aliphatic carbocycles. The predicted molar refractivity (Wildman–Crippen MR) is 121 cm³/mol. The van der Waals surface area contributed by atoms with E-state index in [1.807, 2.05) is 0 Å². The van der Waals surface area contributed by atoms with E-state index in [1.54, 1.807) is 0 Å². The van der Waals surface area contributed by atoms with Crippen LogP contribution in [0.1, 0.15) is 31.7 Å². The van der Waals surface area contributed by atoms with Gasteiger partial charge >= 0.3 is 0 Å². The summed E-state index contributed by atoms with van der Waals surface area (Å²) >= 11 is 0. The topological polar surface area (TPSA) is 12.9 Å². The first-order valence-electron chi connectivity index (χ1n) is 10.1. The number of hydrogen-bond donors (Lipinski definition) is 0. The molecule has 0 bridgehead atoms. The molecule has 0 amide bonds. The van der Waals surface area contributed by atoms with Crippen molar-refractivity contribution in [2.45, 2.75) is 52.2 Å². The number of hydrogen-bond acceptors (Lipinski definition) is 1. The van der Waals surface area contributed by atoms with Gasteiger partial charge in [-0.15, -0.1) is 0 Å². The van der Waals surface area contributed by atoms with E-state index in [1.165, 1.54) is 53.1 Å². The highest BCUT2D eigenvalue weighted by atomic mass is 28.3. The zero-order chi connectivity index (χ0) is 19.3. The third kappa shape index (κ3) is 4.95. The Bertz CT molecular complexity index is 878. The highest BCUT2D eigenvalue weighted by molar-refractivity contribution is 6.89. The lowest BCUT2D eigenvalue weighted by atomic mass is 10.00. The fraction of sp³-hybridized carbons (Fsp3) is 0.320. The zero-order valence-corrected chi connectivity index (χ0v) is 18.1. The minimum absolute atomic E-state index is 1.10. The lowest BCUT2D eigenvalue weighted by Crippen LogP contribution is -2.40. The van der Waals surface area contributed by atoms with E-state index in [2.05, 4.69) is 93.4 Å². The Kier molecular flexibility index (Phi) is 6.28. The van der Waals surface area contributed by atoms with Gasteiger partial charge in [-0.3, -0.25) is 4.98 Å². The number of pyridine rings is 1. The summed E-state index contributed by atoms with van der Waals surface area (Å²) in [4.78, 5) is 4.87. The maximum absolute atomic E-state index is 4.87. The molecule has 27 heavy (non-hydrogen) atoms. The van der Waals surface area contributed by atoms with Crippen LogP contribution in [0.15, 0.2) is 66.9 Å². The second-order valence-electron chi connectivity index (χ2n) is 8.38. The van der Waals surface area contributed by atoms with Gasteiger partial charge in [0.15, 0.2) is 0 Å². The minimum Gasteiger partial charge on any atom is -0.256 e. The van der Waals surface area contributed by atoms with E-state index < -0.39 is 8.07 Å². The summed E-state index contributed by atoms with van der Waals surface area (Å²) in [5, 5.41) is 1.52. The van der Waals surface area contributed by atoms with Crippen LogP contribution in [-0.2, 0) is 6.42 Å². The lowest BCUT2D eigenvalue weighted by Gasteiger charge is -2.21. The van der Waals surface area contributed by atoms with Crippen molar-refractivity contribution in [1.82, 2.24) is 4.98 Å². The van der Waals surface area contributed by atoms with Gasteiger partial charge in [0.05, 0.1) is 13.8 Å². The summed E-state index contributed by atoms with van der Waals surface area (Å²) in [6, 6.07) is 21.7. The van der Waals surface area contributed by atoms with Crippen molar-refractivity contribution >= 4 is 13.3 Å². The Labute approximate surface area is 165 Å². The van der Waals surface area contributed by atoms with Crippen LogP contribution in [0.2, 0.25) is 19.6 Å². The Morgan fingerprint density at radius 1 is 0.778 bits per heavy atom. The van der Waals surface area contributed by atoms with Gasteiger partial charge in [0, 0.05) is 11.8 Å². The molecule has 3 aromatic rings. The lowest BCUT2D eigenvalue weighted by molar-refractivity contribution is 0.718. The summed E-state index contributed by atoms with van der Waals surface area (Å²) in [6.07, 6.45) is 7.16. The zero-order valence-electron chi connectivity index (χ0n) is 17.1. The highest BCUT2D eigenvalue weighted by Gasteiger charge is 2.21. The second-order valence-corrected chi connectivity index (χ2v) is 13.4. The van der Waals surface area contributed by atoms with Crippen LogP contribution in [0.3, 0.4) is 0 Å². The molecule has 0 atom stereocenters. The van der Waals surface area contributed by atoms with Crippen LogP contribution in [0.4, 0.5) is 0 Å². The maximum atomic E-state index is 4.87. The van der Waals surface area contributed by atoms with Crippen LogP contribution in [-0.4, -0.2) is 13.1 Å². The molecule has 0 fully saturated rings. The first-order valence-corrected chi connectivity index (χ1v) is 13.6. The molecule has 1 heterocycles. The van der Waals surface area contributed by atoms with E-state index in [0.29, 0.717) is 0 Å². The molecule has 3 rings (SSSR count). The average molecular weight is 374 g/mol. The van der Waals surface area contributed by atoms with Gasteiger partial charge in [0.1, 0.15) is 0 Å². The number of unbranched alkanes of at least 4 members (excludes halogenated alkanes) is 2. The highest BCUT2D eigenvalue weighted by Crippen LogP contribution is 2.26. The van der Waals surface area contributed by atoms with Crippen LogP contribution in [0.25, 0.3) is 22.4 Å². The van der Waals surface area contributed by atoms with Crippen molar-refractivity contribution in [1.29, 1.82) is 0 Å². The van der Waals surface area contributed by atoms with E-state index in [4.69, 9.17) is 4.98 Å². The Morgan fingerprint density at radius 3 is 2.19 bits per heavy atom. The van der Waals surface area contributed by atoms with Gasteiger partial charge in [-0.05, 0) is 46.9 Å².